The van der Waals surface area contributed by atoms with Crippen LogP contribution < -0.4 is 10.6 Å². The molecule has 2 N–H and O–H groups in total. The molecule has 0 aliphatic heterocycles. The molecule has 1 aliphatic carbocycles. The maximum absolute atomic E-state index is 13.1. The molecule has 154 valence electrons. The summed E-state index contributed by atoms with van der Waals surface area (Å²) < 4.78 is 43.1. The van der Waals surface area contributed by atoms with Gasteiger partial charge in [0.05, 0.1) is 35.9 Å². The van der Waals surface area contributed by atoms with E-state index in [-0.39, 0.29) is 17.8 Å². The molecule has 0 bridgehead atoms. The molecule has 0 spiro atoms. The van der Waals surface area contributed by atoms with Crippen LogP contribution in [0.2, 0.25) is 0 Å². The van der Waals surface area contributed by atoms with Crippen LogP contribution in [-0.4, -0.2) is 41.3 Å². The van der Waals surface area contributed by atoms with Crippen LogP contribution in [0, 0.1) is 6.92 Å². The van der Waals surface area contributed by atoms with Crippen molar-refractivity contribution in [2.24, 2.45) is 0 Å². The first kappa shape index (κ1) is 19.2. The van der Waals surface area contributed by atoms with Gasteiger partial charge in [0.25, 0.3) is 0 Å². The number of hydrogen-bond acceptors (Lipinski definition) is 7. The highest BCUT2D eigenvalue weighted by molar-refractivity contribution is 5.58. The molecule has 0 amide bonds. The highest BCUT2D eigenvalue weighted by Crippen LogP contribution is 2.42. The monoisotopic (exact) mass is 407 g/mol. The van der Waals surface area contributed by atoms with Gasteiger partial charge in [0, 0.05) is 18.9 Å². The van der Waals surface area contributed by atoms with Crippen LogP contribution in [-0.2, 0) is 6.18 Å². The summed E-state index contributed by atoms with van der Waals surface area (Å²) in [6, 6.07) is 0.522. The normalized spacial score (nSPS) is 19.1. The Kier molecular flexibility index (Phi) is 4.84. The quantitative estimate of drug-likeness (QED) is 0.647. The first-order valence-electron chi connectivity index (χ1n) is 9.21. The molecule has 12 heteroatoms. The third kappa shape index (κ3) is 3.74. The fraction of sp³-hybridized carbons (Fsp3) is 0.471. The summed E-state index contributed by atoms with van der Waals surface area (Å²) in [7, 11) is 0. The van der Waals surface area contributed by atoms with E-state index in [1.165, 1.54) is 0 Å². The molecule has 4 rings (SSSR count). The lowest BCUT2D eigenvalue weighted by Gasteiger charge is -2.35. The zero-order valence-corrected chi connectivity index (χ0v) is 15.8. The van der Waals surface area contributed by atoms with Crippen molar-refractivity contribution in [3.63, 3.8) is 0 Å². The number of aromatic nitrogens is 7. The van der Waals surface area contributed by atoms with Crippen molar-refractivity contribution in [3.8, 4) is 0 Å². The van der Waals surface area contributed by atoms with E-state index in [4.69, 9.17) is 0 Å². The lowest BCUT2D eigenvalue weighted by Crippen LogP contribution is -2.30. The van der Waals surface area contributed by atoms with Gasteiger partial charge in [-0.25, -0.2) is 9.67 Å². The van der Waals surface area contributed by atoms with Crippen LogP contribution >= 0.6 is 0 Å². The number of alkyl halides is 3. The van der Waals surface area contributed by atoms with E-state index in [2.05, 4.69) is 36.0 Å². The molecule has 3 aromatic rings. The summed E-state index contributed by atoms with van der Waals surface area (Å²) in [5.74, 6) is -0.178. The van der Waals surface area contributed by atoms with E-state index in [1.807, 2.05) is 22.5 Å². The Bertz CT molecular complexity index is 975. The molecular weight excluding hydrogens is 387 g/mol. The molecule has 0 unspecified atom stereocenters. The fourth-order valence-corrected chi connectivity index (χ4v) is 3.37. The second-order valence-electron chi connectivity index (χ2n) is 6.86. The smallest absolute Gasteiger partial charge is 0.370 e. The van der Waals surface area contributed by atoms with Crippen molar-refractivity contribution in [2.45, 2.75) is 44.9 Å². The Labute approximate surface area is 164 Å². The lowest BCUT2D eigenvalue weighted by molar-refractivity contribution is -0.137. The van der Waals surface area contributed by atoms with E-state index in [9.17, 15) is 13.2 Å². The number of nitrogens with zero attached hydrogens (tertiary/aromatic N) is 7. The van der Waals surface area contributed by atoms with Crippen molar-refractivity contribution in [3.05, 3.63) is 36.0 Å². The Morgan fingerprint density at radius 3 is 2.66 bits per heavy atom. The van der Waals surface area contributed by atoms with Gasteiger partial charge in [-0.1, -0.05) is 5.21 Å². The van der Waals surface area contributed by atoms with Crippen LogP contribution in [0.1, 0.15) is 43.1 Å². The average molecular weight is 407 g/mol. The summed E-state index contributed by atoms with van der Waals surface area (Å²) in [6.45, 7) is 3.91. The second-order valence-corrected chi connectivity index (χ2v) is 6.86. The maximum Gasteiger partial charge on any atom is 0.421 e. The molecule has 3 aromatic heterocycles. The number of halogens is 3. The summed E-state index contributed by atoms with van der Waals surface area (Å²) in [5, 5.41) is 17.9. The SMILES string of the molecule is CCNc1nc(Nc2cnn(C3CC(n4ccnn4)C3)c2C)ncc1C(F)(F)F. The number of hydrogen-bond donors (Lipinski definition) is 2. The zero-order chi connectivity index (χ0) is 20.6. The molecular formula is C17H20F3N9. The summed E-state index contributed by atoms with van der Waals surface area (Å²) in [6.07, 6.45) is 3.14. The van der Waals surface area contributed by atoms with Crippen LogP contribution in [0.5, 0.6) is 0 Å². The topological polar surface area (TPSA) is 98.4 Å². The predicted molar refractivity (Wildman–Crippen MR) is 98.8 cm³/mol. The minimum Gasteiger partial charge on any atom is -0.370 e. The molecule has 0 saturated heterocycles. The van der Waals surface area contributed by atoms with Crippen molar-refractivity contribution >= 4 is 17.5 Å². The second kappa shape index (κ2) is 7.33. The molecule has 1 aliphatic rings. The van der Waals surface area contributed by atoms with Crippen LogP contribution in [0.4, 0.5) is 30.6 Å². The lowest BCUT2D eigenvalue weighted by atomic mass is 9.87. The van der Waals surface area contributed by atoms with Gasteiger partial charge < -0.3 is 10.6 Å². The fourth-order valence-electron chi connectivity index (χ4n) is 3.37. The van der Waals surface area contributed by atoms with E-state index in [1.54, 1.807) is 19.3 Å². The minimum atomic E-state index is -4.53. The van der Waals surface area contributed by atoms with Gasteiger partial charge in [-0.05, 0) is 26.7 Å². The number of nitrogens with one attached hydrogen (secondary N) is 2. The van der Waals surface area contributed by atoms with Gasteiger partial charge in [0.2, 0.25) is 5.95 Å². The molecule has 0 aromatic carbocycles. The van der Waals surface area contributed by atoms with Gasteiger partial charge in [-0.2, -0.15) is 23.3 Å². The molecule has 1 saturated carbocycles. The molecule has 29 heavy (non-hydrogen) atoms. The van der Waals surface area contributed by atoms with Crippen molar-refractivity contribution in [1.29, 1.82) is 0 Å². The largest absolute Gasteiger partial charge is 0.421 e. The number of anilines is 3. The zero-order valence-electron chi connectivity index (χ0n) is 15.8. The van der Waals surface area contributed by atoms with E-state index >= 15 is 0 Å². The molecule has 9 nitrogen and oxygen atoms in total. The standard InChI is InChI=1S/C17H20F3N9/c1-3-21-15-13(17(18,19)20)8-22-16(26-15)25-14-9-24-29(10(14)2)12-6-11(7-12)28-5-4-23-27-28/h4-5,8-9,11-12H,3,6-7H2,1-2H3,(H2,21,22,25,26). The van der Waals surface area contributed by atoms with Gasteiger partial charge in [0.1, 0.15) is 11.4 Å². The third-order valence-electron chi connectivity index (χ3n) is 4.98. The van der Waals surface area contributed by atoms with Crippen LogP contribution in [0.15, 0.2) is 24.8 Å². The first-order valence-corrected chi connectivity index (χ1v) is 9.21. The molecule has 1 fully saturated rings. The van der Waals surface area contributed by atoms with Gasteiger partial charge in [-0.15, -0.1) is 5.10 Å². The Hall–Kier alpha value is -3.18. The van der Waals surface area contributed by atoms with Gasteiger partial charge in [0.15, 0.2) is 0 Å². The molecule has 0 atom stereocenters. The highest BCUT2D eigenvalue weighted by Gasteiger charge is 2.36. The predicted octanol–water partition coefficient (Wildman–Crippen LogP) is 3.34. The third-order valence-corrected chi connectivity index (χ3v) is 4.98. The van der Waals surface area contributed by atoms with Crippen molar-refractivity contribution in [1.82, 2.24) is 34.7 Å². The van der Waals surface area contributed by atoms with Crippen molar-refractivity contribution in [2.75, 3.05) is 17.2 Å². The summed E-state index contributed by atoms with van der Waals surface area (Å²) in [4.78, 5) is 7.81. The summed E-state index contributed by atoms with van der Waals surface area (Å²) in [5.41, 5.74) is 0.614. The Morgan fingerprint density at radius 2 is 2.00 bits per heavy atom. The van der Waals surface area contributed by atoms with Crippen LogP contribution in [0.25, 0.3) is 0 Å². The number of rotatable bonds is 6. The van der Waals surface area contributed by atoms with E-state index < -0.39 is 11.7 Å². The Morgan fingerprint density at radius 1 is 1.21 bits per heavy atom. The minimum absolute atomic E-state index is 0.0747. The van der Waals surface area contributed by atoms with Gasteiger partial charge >= 0.3 is 6.18 Å². The maximum atomic E-state index is 13.1. The van der Waals surface area contributed by atoms with Gasteiger partial charge in [-0.3, -0.25) is 4.68 Å². The van der Waals surface area contributed by atoms with E-state index in [0.29, 0.717) is 18.3 Å². The molecule has 3 heterocycles. The first-order chi connectivity index (χ1) is 13.9. The molecule has 0 radical (unpaired) electrons. The van der Waals surface area contributed by atoms with Crippen molar-refractivity contribution < 1.29 is 13.2 Å². The Balaban J connectivity index is 1.49. The summed E-state index contributed by atoms with van der Waals surface area (Å²) >= 11 is 0. The van der Waals surface area contributed by atoms with E-state index in [0.717, 1.165) is 24.7 Å². The van der Waals surface area contributed by atoms with Crippen LogP contribution in [0.3, 0.4) is 0 Å². The average Bonchev–Trinajstić information content (AvgIpc) is 3.26. The highest BCUT2D eigenvalue weighted by atomic mass is 19.4.